The van der Waals surface area contributed by atoms with E-state index >= 15 is 0 Å². The normalized spacial score (nSPS) is 10.9. The van der Waals surface area contributed by atoms with E-state index in [1.54, 1.807) is 24.3 Å². The minimum Gasteiger partial charge on any atom is -0.465 e. The van der Waals surface area contributed by atoms with E-state index in [1.165, 1.54) is 31.4 Å². The van der Waals surface area contributed by atoms with E-state index in [9.17, 15) is 18.0 Å². The molecule has 0 unspecified atom stereocenters. The standard InChI is InChI=1S/C19H19ClN2O5S/c1-3-10-22-28(25,26)17-11-15(8-9-16(17)20)18(23)21-12-13-4-6-14(7-5-13)19(24)27-2/h3-9,11,22H,1,10,12H2,2H3,(H,21,23). The Kier molecular flexibility index (Phi) is 7.33. The quantitative estimate of drug-likeness (QED) is 0.502. The van der Waals surface area contributed by atoms with Crippen LogP contribution in [0.25, 0.3) is 0 Å². The first kappa shape index (κ1) is 21.6. The first-order valence-electron chi connectivity index (χ1n) is 8.14. The first-order chi connectivity index (χ1) is 13.3. The topological polar surface area (TPSA) is 102 Å². The van der Waals surface area contributed by atoms with Crippen molar-refractivity contribution in [2.75, 3.05) is 13.7 Å². The highest BCUT2D eigenvalue weighted by Gasteiger charge is 2.19. The third-order valence-corrected chi connectivity index (χ3v) is 5.63. The molecule has 0 saturated heterocycles. The average Bonchev–Trinajstić information content (AvgIpc) is 2.70. The Morgan fingerprint density at radius 1 is 1.14 bits per heavy atom. The molecule has 148 valence electrons. The number of esters is 1. The molecule has 0 radical (unpaired) electrons. The Morgan fingerprint density at radius 3 is 2.39 bits per heavy atom. The molecule has 2 rings (SSSR count). The van der Waals surface area contributed by atoms with Crippen molar-refractivity contribution in [1.29, 1.82) is 0 Å². The predicted molar refractivity (Wildman–Crippen MR) is 106 cm³/mol. The van der Waals surface area contributed by atoms with Crippen LogP contribution in [0.2, 0.25) is 5.02 Å². The van der Waals surface area contributed by atoms with Gasteiger partial charge in [0.2, 0.25) is 10.0 Å². The summed E-state index contributed by atoms with van der Waals surface area (Å²) in [6.45, 7) is 3.68. The van der Waals surface area contributed by atoms with Gasteiger partial charge in [0.1, 0.15) is 4.90 Å². The molecule has 0 fully saturated rings. The van der Waals surface area contributed by atoms with Gasteiger partial charge in [-0.05, 0) is 35.9 Å². The number of methoxy groups -OCH3 is 1. The van der Waals surface area contributed by atoms with Gasteiger partial charge in [-0.2, -0.15) is 0 Å². The summed E-state index contributed by atoms with van der Waals surface area (Å²) in [5.74, 6) is -0.913. The molecule has 0 atom stereocenters. The molecule has 9 heteroatoms. The molecular weight excluding hydrogens is 404 g/mol. The van der Waals surface area contributed by atoms with Gasteiger partial charge in [0.15, 0.2) is 0 Å². The Morgan fingerprint density at radius 2 is 1.79 bits per heavy atom. The molecule has 2 aromatic rings. The molecular formula is C19H19ClN2O5S. The van der Waals surface area contributed by atoms with E-state index in [2.05, 4.69) is 21.4 Å². The maximum atomic E-state index is 12.4. The fourth-order valence-electron chi connectivity index (χ4n) is 2.26. The maximum Gasteiger partial charge on any atom is 0.337 e. The lowest BCUT2D eigenvalue weighted by Gasteiger charge is -2.10. The van der Waals surface area contributed by atoms with Crippen LogP contribution in [0.15, 0.2) is 60.0 Å². The zero-order chi connectivity index (χ0) is 20.7. The van der Waals surface area contributed by atoms with Gasteiger partial charge < -0.3 is 10.1 Å². The molecule has 28 heavy (non-hydrogen) atoms. The number of ether oxygens (including phenoxy) is 1. The van der Waals surface area contributed by atoms with E-state index in [1.807, 2.05) is 0 Å². The highest BCUT2D eigenvalue weighted by atomic mass is 35.5. The van der Waals surface area contributed by atoms with Crippen LogP contribution in [0.3, 0.4) is 0 Å². The van der Waals surface area contributed by atoms with Crippen molar-refractivity contribution >= 4 is 33.5 Å². The van der Waals surface area contributed by atoms with E-state index in [4.69, 9.17) is 11.6 Å². The lowest BCUT2D eigenvalue weighted by molar-refractivity contribution is 0.0600. The summed E-state index contributed by atoms with van der Waals surface area (Å²) in [4.78, 5) is 23.6. The van der Waals surface area contributed by atoms with E-state index in [0.29, 0.717) is 5.56 Å². The Labute approximate surface area is 168 Å². The van der Waals surface area contributed by atoms with Crippen molar-refractivity contribution in [2.45, 2.75) is 11.4 Å². The highest BCUT2D eigenvalue weighted by molar-refractivity contribution is 7.89. The smallest absolute Gasteiger partial charge is 0.337 e. The van der Waals surface area contributed by atoms with Crippen LogP contribution in [0.4, 0.5) is 0 Å². The van der Waals surface area contributed by atoms with Crippen molar-refractivity contribution < 1.29 is 22.7 Å². The van der Waals surface area contributed by atoms with Gasteiger partial charge >= 0.3 is 5.97 Å². The number of halogens is 1. The number of carbonyl (C=O) groups excluding carboxylic acids is 2. The van der Waals surface area contributed by atoms with Crippen molar-refractivity contribution in [3.05, 3.63) is 76.8 Å². The number of rotatable bonds is 8. The molecule has 0 aromatic heterocycles. The van der Waals surface area contributed by atoms with Crippen molar-refractivity contribution in [1.82, 2.24) is 10.0 Å². The number of amides is 1. The molecule has 7 nitrogen and oxygen atoms in total. The second kappa shape index (κ2) is 9.50. The number of hydrogen-bond acceptors (Lipinski definition) is 5. The highest BCUT2D eigenvalue weighted by Crippen LogP contribution is 2.22. The molecule has 0 aliphatic rings. The molecule has 0 spiro atoms. The fourth-order valence-corrected chi connectivity index (χ4v) is 3.78. The second-order valence-corrected chi connectivity index (χ2v) is 7.80. The number of sulfonamides is 1. The zero-order valence-corrected chi connectivity index (χ0v) is 16.6. The number of nitrogens with one attached hydrogen (secondary N) is 2. The number of benzene rings is 2. The van der Waals surface area contributed by atoms with E-state index in [-0.39, 0.29) is 28.6 Å². The summed E-state index contributed by atoms with van der Waals surface area (Å²) in [6.07, 6.45) is 1.40. The summed E-state index contributed by atoms with van der Waals surface area (Å²) in [7, 11) is -2.57. The fraction of sp³-hybridized carbons (Fsp3) is 0.158. The molecule has 0 saturated carbocycles. The van der Waals surface area contributed by atoms with Crippen molar-refractivity contribution in [3.8, 4) is 0 Å². The lowest BCUT2D eigenvalue weighted by atomic mass is 10.1. The summed E-state index contributed by atoms with van der Waals surface area (Å²) >= 11 is 5.98. The van der Waals surface area contributed by atoms with Crippen molar-refractivity contribution in [2.24, 2.45) is 0 Å². The second-order valence-electron chi connectivity index (χ2n) is 5.66. The average molecular weight is 423 g/mol. The Hall–Kier alpha value is -2.68. The van der Waals surface area contributed by atoms with Crippen LogP contribution in [-0.4, -0.2) is 33.9 Å². The third-order valence-electron chi connectivity index (χ3n) is 3.73. The zero-order valence-electron chi connectivity index (χ0n) is 15.1. The Bertz CT molecular complexity index is 988. The predicted octanol–water partition coefficient (Wildman–Crippen LogP) is 2.52. The van der Waals surface area contributed by atoms with Crippen LogP contribution in [-0.2, 0) is 21.3 Å². The van der Waals surface area contributed by atoms with Gasteiger partial charge in [-0.1, -0.05) is 29.8 Å². The van der Waals surface area contributed by atoms with Gasteiger partial charge in [-0.25, -0.2) is 17.9 Å². The minimum absolute atomic E-state index is 0.00603. The maximum absolute atomic E-state index is 12.4. The third kappa shape index (κ3) is 5.41. The minimum atomic E-state index is -3.87. The van der Waals surface area contributed by atoms with Gasteiger partial charge in [0.05, 0.1) is 17.7 Å². The first-order valence-corrected chi connectivity index (χ1v) is 10.00. The SMILES string of the molecule is C=CCNS(=O)(=O)c1cc(C(=O)NCc2ccc(C(=O)OC)cc2)ccc1Cl. The van der Waals surface area contributed by atoms with Crippen LogP contribution in [0, 0.1) is 0 Å². The van der Waals surface area contributed by atoms with Crippen LogP contribution in [0.1, 0.15) is 26.3 Å². The van der Waals surface area contributed by atoms with Gasteiger partial charge in [-0.15, -0.1) is 6.58 Å². The van der Waals surface area contributed by atoms with Gasteiger partial charge in [-0.3, -0.25) is 4.79 Å². The molecule has 2 N–H and O–H groups in total. The molecule has 0 aliphatic heterocycles. The van der Waals surface area contributed by atoms with Crippen molar-refractivity contribution in [3.63, 3.8) is 0 Å². The Balaban J connectivity index is 2.11. The summed E-state index contributed by atoms with van der Waals surface area (Å²) < 4.78 is 31.5. The van der Waals surface area contributed by atoms with Gasteiger partial charge in [0.25, 0.3) is 5.91 Å². The van der Waals surface area contributed by atoms with E-state index in [0.717, 1.165) is 5.56 Å². The lowest BCUT2D eigenvalue weighted by Crippen LogP contribution is -2.26. The van der Waals surface area contributed by atoms with Crippen LogP contribution >= 0.6 is 11.6 Å². The van der Waals surface area contributed by atoms with Crippen LogP contribution < -0.4 is 10.0 Å². The van der Waals surface area contributed by atoms with Gasteiger partial charge in [0, 0.05) is 18.7 Å². The van der Waals surface area contributed by atoms with Crippen LogP contribution in [0.5, 0.6) is 0 Å². The molecule has 0 heterocycles. The molecule has 2 aromatic carbocycles. The van der Waals surface area contributed by atoms with E-state index < -0.39 is 21.9 Å². The number of carbonyl (C=O) groups is 2. The summed E-state index contributed by atoms with van der Waals surface area (Å²) in [5, 5.41) is 2.70. The summed E-state index contributed by atoms with van der Waals surface area (Å²) in [5.41, 5.74) is 1.31. The molecule has 0 bridgehead atoms. The summed E-state index contributed by atoms with van der Waals surface area (Å²) in [6, 6.07) is 10.5. The molecule has 1 amide bonds. The molecule has 0 aliphatic carbocycles. The largest absolute Gasteiger partial charge is 0.465 e. The monoisotopic (exact) mass is 422 g/mol. The number of hydrogen-bond donors (Lipinski definition) is 2.